The average Bonchev–Trinajstić information content (AvgIpc) is 2.52. The van der Waals surface area contributed by atoms with E-state index >= 15 is 0 Å². The standard InChI is InChI=1S/C16H27N3O/c1-2-7-19(9-8-18-10-12-20-13-11-18)16-5-3-15(14-17)4-6-16/h3-6H,2,7-14,17H2,1H3. The molecule has 1 saturated heterocycles. The molecule has 20 heavy (non-hydrogen) atoms. The van der Waals surface area contributed by atoms with Crippen molar-refractivity contribution in [2.45, 2.75) is 19.9 Å². The SMILES string of the molecule is CCCN(CCN1CCOCC1)c1ccc(CN)cc1. The summed E-state index contributed by atoms with van der Waals surface area (Å²) in [5.74, 6) is 0. The first-order valence-corrected chi connectivity index (χ1v) is 7.67. The molecule has 0 unspecified atom stereocenters. The molecule has 1 aliphatic heterocycles. The molecule has 2 rings (SSSR count). The summed E-state index contributed by atoms with van der Waals surface area (Å²) < 4.78 is 5.40. The zero-order valence-electron chi connectivity index (χ0n) is 12.6. The number of rotatable bonds is 7. The van der Waals surface area contributed by atoms with Crippen molar-refractivity contribution >= 4 is 5.69 Å². The molecular weight excluding hydrogens is 250 g/mol. The predicted molar refractivity (Wildman–Crippen MR) is 84.1 cm³/mol. The third kappa shape index (κ3) is 4.47. The van der Waals surface area contributed by atoms with Crippen LogP contribution in [0.15, 0.2) is 24.3 Å². The molecular formula is C16H27N3O. The van der Waals surface area contributed by atoms with Crippen molar-refractivity contribution in [3.05, 3.63) is 29.8 Å². The number of ether oxygens (including phenoxy) is 1. The van der Waals surface area contributed by atoms with Crippen LogP contribution < -0.4 is 10.6 Å². The number of hydrogen-bond acceptors (Lipinski definition) is 4. The topological polar surface area (TPSA) is 41.7 Å². The Kier molecular flexibility index (Phi) is 6.30. The second-order valence-corrected chi connectivity index (χ2v) is 5.31. The molecule has 1 fully saturated rings. The van der Waals surface area contributed by atoms with E-state index < -0.39 is 0 Å². The van der Waals surface area contributed by atoms with Crippen LogP contribution >= 0.6 is 0 Å². The highest BCUT2D eigenvalue weighted by Crippen LogP contribution is 2.15. The van der Waals surface area contributed by atoms with E-state index in [-0.39, 0.29) is 0 Å². The molecule has 112 valence electrons. The van der Waals surface area contributed by atoms with Gasteiger partial charge in [0.25, 0.3) is 0 Å². The average molecular weight is 277 g/mol. The van der Waals surface area contributed by atoms with Crippen molar-refractivity contribution in [3.8, 4) is 0 Å². The molecule has 1 aromatic rings. The molecule has 1 aromatic carbocycles. The van der Waals surface area contributed by atoms with Gasteiger partial charge in [0.15, 0.2) is 0 Å². The van der Waals surface area contributed by atoms with Gasteiger partial charge in [-0.15, -0.1) is 0 Å². The third-order valence-corrected chi connectivity index (χ3v) is 3.82. The number of nitrogens with two attached hydrogens (primary N) is 1. The Morgan fingerprint density at radius 2 is 1.85 bits per heavy atom. The molecule has 0 radical (unpaired) electrons. The highest BCUT2D eigenvalue weighted by molar-refractivity contribution is 5.47. The van der Waals surface area contributed by atoms with Gasteiger partial charge < -0.3 is 15.4 Å². The van der Waals surface area contributed by atoms with Crippen LogP contribution in [0.4, 0.5) is 5.69 Å². The van der Waals surface area contributed by atoms with Crippen molar-refractivity contribution in [2.75, 3.05) is 50.8 Å². The summed E-state index contributed by atoms with van der Waals surface area (Å²) in [7, 11) is 0. The number of anilines is 1. The van der Waals surface area contributed by atoms with E-state index in [4.69, 9.17) is 10.5 Å². The van der Waals surface area contributed by atoms with E-state index in [2.05, 4.69) is 41.0 Å². The third-order valence-electron chi connectivity index (χ3n) is 3.82. The van der Waals surface area contributed by atoms with Gasteiger partial charge in [0.2, 0.25) is 0 Å². The first-order valence-electron chi connectivity index (χ1n) is 7.67. The van der Waals surface area contributed by atoms with Gasteiger partial charge in [-0.3, -0.25) is 4.90 Å². The maximum atomic E-state index is 5.66. The smallest absolute Gasteiger partial charge is 0.0594 e. The lowest BCUT2D eigenvalue weighted by Gasteiger charge is -2.31. The lowest BCUT2D eigenvalue weighted by atomic mass is 10.2. The molecule has 0 aromatic heterocycles. The Balaban J connectivity index is 1.90. The quantitative estimate of drug-likeness (QED) is 0.823. The van der Waals surface area contributed by atoms with Gasteiger partial charge in [-0.25, -0.2) is 0 Å². The van der Waals surface area contributed by atoms with E-state index in [0.29, 0.717) is 6.54 Å². The Bertz CT molecular complexity index is 374. The van der Waals surface area contributed by atoms with E-state index in [0.717, 1.165) is 45.9 Å². The minimum absolute atomic E-state index is 0.613. The van der Waals surface area contributed by atoms with Crippen molar-refractivity contribution < 1.29 is 4.74 Å². The number of nitrogens with zero attached hydrogens (tertiary/aromatic N) is 2. The fourth-order valence-electron chi connectivity index (χ4n) is 2.57. The van der Waals surface area contributed by atoms with Crippen LogP contribution in [0.25, 0.3) is 0 Å². The van der Waals surface area contributed by atoms with E-state index in [1.54, 1.807) is 0 Å². The summed E-state index contributed by atoms with van der Waals surface area (Å²) in [6.45, 7) is 10.0. The van der Waals surface area contributed by atoms with Crippen LogP contribution in [0.1, 0.15) is 18.9 Å². The minimum atomic E-state index is 0.613. The number of benzene rings is 1. The summed E-state index contributed by atoms with van der Waals surface area (Å²) in [6.07, 6.45) is 1.17. The maximum Gasteiger partial charge on any atom is 0.0594 e. The first-order chi connectivity index (χ1) is 9.83. The maximum absolute atomic E-state index is 5.66. The number of hydrogen-bond donors (Lipinski definition) is 1. The molecule has 0 bridgehead atoms. The summed E-state index contributed by atoms with van der Waals surface area (Å²) in [5, 5.41) is 0. The van der Waals surface area contributed by atoms with Crippen LogP contribution in [-0.4, -0.2) is 50.8 Å². The summed E-state index contributed by atoms with van der Waals surface area (Å²) in [6, 6.07) is 8.65. The zero-order valence-corrected chi connectivity index (χ0v) is 12.6. The van der Waals surface area contributed by atoms with Crippen LogP contribution in [0.5, 0.6) is 0 Å². The van der Waals surface area contributed by atoms with Crippen LogP contribution in [0.2, 0.25) is 0 Å². The van der Waals surface area contributed by atoms with Gasteiger partial charge in [0, 0.05) is 45.0 Å². The summed E-state index contributed by atoms with van der Waals surface area (Å²) in [5.41, 5.74) is 8.15. The first kappa shape index (κ1) is 15.3. The van der Waals surface area contributed by atoms with E-state index in [1.807, 2.05) is 0 Å². The predicted octanol–water partition coefficient (Wildman–Crippen LogP) is 1.69. The van der Waals surface area contributed by atoms with Crippen molar-refractivity contribution in [3.63, 3.8) is 0 Å². The molecule has 0 amide bonds. The van der Waals surface area contributed by atoms with Crippen molar-refractivity contribution in [1.82, 2.24) is 4.90 Å². The highest BCUT2D eigenvalue weighted by Gasteiger charge is 2.12. The molecule has 4 nitrogen and oxygen atoms in total. The minimum Gasteiger partial charge on any atom is -0.379 e. The highest BCUT2D eigenvalue weighted by atomic mass is 16.5. The lowest BCUT2D eigenvalue weighted by Crippen LogP contribution is -2.41. The molecule has 1 aliphatic rings. The van der Waals surface area contributed by atoms with Crippen LogP contribution in [0.3, 0.4) is 0 Å². The Hall–Kier alpha value is -1.10. The van der Waals surface area contributed by atoms with Gasteiger partial charge in [-0.1, -0.05) is 19.1 Å². The monoisotopic (exact) mass is 277 g/mol. The van der Waals surface area contributed by atoms with Crippen molar-refractivity contribution in [2.24, 2.45) is 5.73 Å². The van der Waals surface area contributed by atoms with E-state index in [1.165, 1.54) is 17.7 Å². The molecule has 0 atom stereocenters. The van der Waals surface area contributed by atoms with Gasteiger partial charge in [0.1, 0.15) is 0 Å². The Labute approximate surface area is 122 Å². The molecule has 0 aliphatic carbocycles. The second-order valence-electron chi connectivity index (χ2n) is 5.31. The van der Waals surface area contributed by atoms with Gasteiger partial charge >= 0.3 is 0 Å². The van der Waals surface area contributed by atoms with Gasteiger partial charge in [0.05, 0.1) is 13.2 Å². The van der Waals surface area contributed by atoms with Gasteiger partial charge in [-0.05, 0) is 24.1 Å². The molecule has 0 saturated carbocycles. The Morgan fingerprint density at radius 1 is 1.15 bits per heavy atom. The van der Waals surface area contributed by atoms with Crippen LogP contribution in [-0.2, 0) is 11.3 Å². The van der Waals surface area contributed by atoms with Crippen molar-refractivity contribution in [1.29, 1.82) is 0 Å². The number of morpholine rings is 1. The molecule has 4 heteroatoms. The van der Waals surface area contributed by atoms with Crippen LogP contribution in [0, 0.1) is 0 Å². The lowest BCUT2D eigenvalue weighted by molar-refractivity contribution is 0.0392. The fourth-order valence-corrected chi connectivity index (χ4v) is 2.57. The zero-order chi connectivity index (χ0) is 14.2. The normalized spacial score (nSPS) is 16.3. The molecule has 2 N–H and O–H groups in total. The van der Waals surface area contributed by atoms with E-state index in [9.17, 15) is 0 Å². The second kappa shape index (κ2) is 8.25. The summed E-state index contributed by atoms with van der Waals surface area (Å²) >= 11 is 0. The fraction of sp³-hybridized carbons (Fsp3) is 0.625. The Morgan fingerprint density at radius 3 is 2.45 bits per heavy atom. The largest absolute Gasteiger partial charge is 0.379 e. The van der Waals surface area contributed by atoms with Gasteiger partial charge in [-0.2, -0.15) is 0 Å². The molecule has 1 heterocycles. The summed E-state index contributed by atoms with van der Waals surface area (Å²) in [4.78, 5) is 4.95. The molecule has 0 spiro atoms.